The fourth-order valence-corrected chi connectivity index (χ4v) is 2.43. The van der Waals surface area contributed by atoms with Crippen molar-refractivity contribution in [1.29, 1.82) is 0 Å². The molecule has 2 nitrogen and oxygen atoms in total. The largest absolute Gasteiger partial charge is 0.342 e. The first kappa shape index (κ1) is 12.2. The van der Waals surface area contributed by atoms with Gasteiger partial charge in [0.25, 0.3) is 0 Å². The monoisotopic (exact) mass is 270 g/mol. The summed E-state index contributed by atoms with van der Waals surface area (Å²) >= 11 is 5.96. The number of imidazole rings is 1. The zero-order valence-corrected chi connectivity index (χ0v) is 11.3. The Balaban J connectivity index is 1.65. The van der Waals surface area contributed by atoms with Crippen molar-refractivity contribution in [3.05, 3.63) is 64.9 Å². The van der Waals surface area contributed by atoms with Gasteiger partial charge in [-0.15, -0.1) is 0 Å². The van der Waals surface area contributed by atoms with Crippen LogP contribution in [-0.4, -0.2) is 9.97 Å². The van der Waals surface area contributed by atoms with Crippen LogP contribution in [-0.2, 0) is 12.8 Å². The van der Waals surface area contributed by atoms with Gasteiger partial charge in [-0.25, -0.2) is 4.98 Å². The molecule has 0 saturated carbocycles. The smallest absolute Gasteiger partial charge is 0.107 e. The first-order valence-electron chi connectivity index (χ1n) is 6.49. The van der Waals surface area contributed by atoms with Crippen LogP contribution in [0.1, 0.15) is 17.8 Å². The van der Waals surface area contributed by atoms with Crippen LogP contribution in [0.15, 0.2) is 48.5 Å². The molecule has 0 bridgehead atoms. The third-order valence-electron chi connectivity index (χ3n) is 3.21. The first-order valence-corrected chi connectivity index (χ1v) is 6.87. The summed E-state index contributed by atoms with van der Waals surface area (Å²) in [7, 11) is 0. The first-order chi connectivity index (χ1) is 9.31. The lowest BCUT2D eigenvalue weighted by Gasteiger charge is -1.99. The van der Waals surface area contributed by atoms with Gasteiger partial charge in [0, 0.05) is 11.4 Å². The molecular formula is C16H15ClN2. The summed E-state index contributed by atoms with van der Waals surface area (Å²) in [5, 5.41) is 0.743. The molecular weight excluding hydrogens is 256 g/mol. The topological polar surface area (TPSA) is 28.7 Å². The van der Waals surface area contributed by atoms with Crippen LogP contribution in [0.2, 0.25) is 5.02 Å². The van der Waals surface area contributed by atoms with Gasteiger partial charge in [-0.2, -0.15) is 0 Å². The maximum Gasteiger partial charge on any atom is 0.107 e. The highest BCUT2D eigenvalue weighted by molar-refractivity contribution is 6.31. The van der Waals surface area contributed by atoms with Crippen molar-refractivity contribution in [3.63, 3.8) is 0 Å². The van der Waals surface area contributed by atoms with E-state index < -0.39 is 0 Å². The third kappa shape index (κ3) is 2.96. The van der Waals surface area contributed by atoms with Crippen molar-refractivity contribution in [3.8, 4) is 0 Å². The summed E-state index contributed by atoms with van der Waals surface area (Å²) in [4.78, 5) is 7.90. The number of benzene rings is 2. The standard InChI is InChI=1S/C16H15ClN2/c17-13-9-10-14-15(11-13)19-16(18-14)8-4-7-12-5-2-1-3-6-12/h1-3,5-6,9-11H,4,7-8H2,(H,18,19). The van der Waals surface area contributed by atoms with Crippen LogP contribution in [0.3, 0.4) is 0 Å². The molecule has 0 atom stereocenters. The average Bonchev–Trinajstić information content (AvgIpc) is 2.82. The highest BCUT2D eigenvalue weighted by Gasteiger charge is 2.03. The predicted octanol–water partition coefficient (Wildman–Crippen LogP) is 4.39. The molecule has 0 spiro atoms. The van der Waals surface area contributed by atoms with Gasteiger partial charge in [0.15, 0.2) is 0 Å². The number of fused-ring (bicyclic) bond motifs is 1. The number of nitrogens with zero attached hydrogens (tertiary/aromatic N) is 1. The maximum atomic E-state index is 5.96. The number of rotatable bonds is 4. The lowest BCUT2D eigenvalue weighted by Crippen LogP contribution is -1.91. The van der Waals surface area contributed by atoms with E-state index in [1.807, 2.05) is 24.3 Å². The number of aryl methyl sites for hydroxylation is 2. The zero-order chi connectivity index (χ0) is 13.1. The molecule has 1 heterocycles. The van der Waals surface area contributed by atoms with Gasteiger partial charge in [-0.05, 0) is 36.6 Å². The Labute approximate surface area is 117 Å². The molecule has 0 unspecified atom stereocenters. The van der Waals surface area contributed by atoms with E-state index in [-0.39, 0.29) is 0 Å². The summed E-state index contributed by atoms with van der Waals surface area (Å²) in [6.07, 6.45) is 3.14. The number of hydrogen-bond donors (Lipinski definition) is 1. The van der Waals surface area contributed by atoms with Gasteiger partial charge in [-0.1, -0.05) is 41.9 Å². The SMILES string of the molecule is Clc1ccc2nc(CCCc3ccccc3)[nH]c2c1. The van der Waals surface area contributed by atoms with Crippen LogP contribution in [0.4, 0.5) is 0 Å². The van der Waals surface area contributed by atoms with E-state index in [0.29, 0.717) is 0 Å². The molecule has 96 valence electrons. The minimum Gasteiger partial charge on any atom is -0.342 e. The van der Waals surface area contributed by atoms with E-state index >= 15 is 0 Å². The van der Waals surface area contributed by atoms with E-state index in [9.17, 15) is 0 Å². The van der Waals surface area contributed by atoms with E-state index in [2.05, 4.69) is 34.2 Å². The summed E-state index contributed by atoms with van der Waals surface area (Å²) in [6, 6.07) is 16.3. The highest BCUT2D eigenvalue weighted by Crippen LogP contribution is 2.18. The van der Waals surface area contributed by atoms with Crippen molar-refractivity contribution in [2.24, 2.45) is 0 Å². The number of aromatic amines is 1. The number of halogens is 1. The Morgan fingerprint density at radius 2 is 1.84 bits per heavy atom. The molecule has 0 aliphatic heterocycles. The van der Waals surface area contributed by atoms with Crippen LogP contribution >= 0.6 is 11.6 Å². The molecule has 3 rings (SSSR count). The summed E-state index contributed by atoms with van der Waals surface area (Å²) in [5.74, 6) is 1.04. The van der Waals surface area contributed by atoms with E-state index in [4.69, 9.17) is 11.6 Å². The van der Waals surface area contributed by atoms with E-state index in [0.717, 1.165) is 41.1 Å². The normalized spacial score (nSPS) is 11.0. The summed E-state index contributed by atoms with van der Waals surface area (Å²) in [5.41, 5.74) is 3.38. The van der Waals surface area contributed by atoms with Crippen LogP contribution in [0.25, 0.3) is 11.0 Å². The number of nitrogens with one attached hydrogen (secondary N) is 1. The second-order valence-electron chi connectivity index (χ2n) is 4.68. The van der Waals surface area contributed by atoms with Crippen molar-refractivity contribution in [1.82, 2.24) is 9.97 Å². The molecule has 0 aliphatic carbocycles. The number of hydrogen-bond acceptors (Lipinski definition) is 1. The molecule has 3 heteroatoms. The second kappa shape index (κ2) is 5.45. The lowest BCUT2D eigenvalue weighted by molar-refractivity contribution is 0.786. The van der Waals surface area contributed by atoms with Gasteiger partial charge in [0.05, 0.1) is 11.0 Å². The molecule has 3 aromatic rings. The molecule has 0 radical (unpaired) electrons. The highest BCUT2D eigenvalue weighted by atomic mass is 35.5. The van der Waals surface area contributed by atoms with Gasteiger partial charge in [0.1, 0.15) is 5.82 Å². The molecule has 19 heavy (non-hydrogen) atoms. The predicted molar refractivity (Wildman–Crippen MR) is 79.6 cm³/mol. The van der Waals surface area contributed by atoms with Crippen molar-refractivity contribution in [2.45, 2.75) is 19.3 Å². The van der Waals surface area contributed by atoms with Crippen molar-refractivity contribution in [2.75, 3.05) is 0 Å². The molecule has 0 saturated heterocycles. The number of aromatic nitrogens is 2. The Morgan fingerprint density at radius 3 is 2.68 bits per heavy atom. The number of H-pyrrole nitrogens is 1. The Bertz CT molecular complexity index is 674. The molecule has 0 aliphatic rings. The van der Waals surface area contributed by atoms with E-state index in [1.54, 1.807) is 0 Å². The fraction of sp³-hybridized carbons (Fsp3) is 0.188. The molecule has 1 aromatic heterocycles. The Hall–Kier alpha value is -1.80. The average molecular weight is 271 g/mol. The summed E-state index contributed by atoms with van der Waals surface area (Å²) < 4.78 is 0. The lowest BCUT2D eigenvalue weighted by atomic mass is 10.1. The summed E-state index contributed by atoms with van der Waals surface area (Å²) in [6.45, 7) is 0. The van der Waals surface area contributed by atoms with Gasteiger partial charge < -0.3 is 4.98 Å². The van der Waals surface area contributed by atoms with Crippen LogP contribution < -0.4 is 0 Å². The minimum absolute atomic E-state index is 0.743. The quantitative estimate of drug-likeness (QED) is 0.748. The molecule has 2 aromatic carbocycles. The minimum atomic E-state index is 0.743. The maximum absolute atomic E-state index is 5.96. The zero-order valence-electron chi connectivity index (χ0n) is 10.6. The fourth-order valence-electron chi connectivity index (χ4n) is 2.26. The molecule has 0 fully saturated rings. The van der Waals surface area contributed by atoms with Crippen LogP contribution in [0, 0.1) is 0 Å². The molecule has 0 amide bonds. The molecule has 1 N–H and O–H groups in total. The second-order valence-corrected chi connectivity index (χ2v) is 5.12. The van der Waals surface area contributed by atoms with Crippen molar-refractivity contribution >= 4 is 22.6 Å². The van der Waals surface area contributed by atoms with E-state index in [1.165, 1.54) is 5.56 Å². The third-order valence-corrected chi connectivity index (χ3v) is 3.45. The van der Waals surface area contributed by atoms with Crippen LogP contribution in [0.5, 0.6) is 0 Å². The van der Waals surface area contributed by atoms with Gasteiger partial charge in [-0.3, -0.25) is 0 Å². The van der Waals surface area contributed by atoms with Crippen molar-refractivity contribution < 1.29 is 0 Å². The Morgan fingerprint density at radius 1 is 1.00 bits per heavy atom. The van der Waals surface area contributed by atoms with Gasteiger partial charge >= 0.3 is 0 Å². The Kier molecular flexibility index (Phi) is 3.51. The van der Waals surface area contributed by atoms with Gasteiger partial charge in [0.2, 0.25) is 0 Å².